The number of hydrogen-bond donors (Lipinski definition) is 0. The minimum Gasteiger partial charge on any atom is -0.417 e. The molecule has 2 rings (SSSR count). The summed E-state index contributed by atoms with van der Waals surface area (Å²) in [6.07, 6.45) is 2.08. The number of nitrogens with zero attached hydrogens (tertiary/aromatic N) is 2. The molecule has 146 valence electrons. The fourth-order valence-electron chi connectivity index (χ4n) is 3.04. The molecule has 1 aliphatic heterocycles. The lowest BCUT2D eigenvalue weighted by Crippen LogP contribution is -2.46. The maximum Gasteiger partial charge on any atom is 0.191 e. The standard InChI is InChI=1S/C21H36N2O2Si/c1-21(2,3)26(4,5)25-16-8-11-22-12-14-23(15-13-22)17-19-9-6-7-10-20(19)18-24/h6-7,9-10,18H,8,11-17H2,1-5H3. The largest absolute Gasteiger partial charge is 0.417 e. The van der Waals surface area contributed by atoms with Gasteiger partial charge in [0.2, 0.25) is 0 Å². The van der Waals surface area contributed by atoms with E-state index in [1.54, 1.807) is 0 Å². The summed E-state index contributed by atoms with van der Waals surface area (Å²) in [5.41, 5.74) is 1.96. The van der Waals surface area contributed by atoms with Crippen molar-refractivity contribution in [1.82, 2.24) is 9.80 Å². The van der Waals surface area contributed by atoms with Crippen LogP contribution < -0.4 is 0 Å². The van der Waals surface area contributed by atoms with Gasteiger partial charge in [0, 0.05) is 51.4 Å². The van der Waals surface area contributed by atoms with Crippen LogP contribution in [0.15, 0.2) is 24.3 Å². The van der Waals surface area contributed by atoms with Crippen molar-refractivity contribution in [3.05, 3.63) is 35.4 Å². The van der Waals surface area contributed by atoms with Gasteiger partial charge in [-0.2, -0.15) is 0 Å². The molecule has 1 aromatic carbocycles. The van der Waals surface area contributed by atoms with Crippen molar-refractivity contribution < 1.29 is 9.22 Å². The Morgan fingerprint density at radius 1 is 1.08 bits per heavy atom. The molecule has 1 aliphatic rings. The zero-order valence-corrected chi connectivity index (χ0v) is 18.3. The number of hydrogen-bond acceptors (Lipinski definition) is 4. The van der Waals surface area contributed by atoms with Gasteiger partial charge in [0.15, 0.2) is 8.32 Å². The second kappa shape index (κ2) is 9.26. The topological polar surface area (TPSA) is 32.8 Å². The van der Waals surface area contributed by atoms with Crippen LogP contribution in [0.3, 0.4) is 0 Å². The van der Waals surface area contributed by atoms with Crippen molar-refractivity contribution in [1.29, 1.82) is 0 Å². The highest BCUT2D eigenvalue weighted by molar-refractivity contribution is 6.74. The van der Waals surface area contributed by atoms with Crippen molar-refractivity contribution in [2.45, 2.75) is 51.9 Å². The van der Waals surface area contributed by atoms with Crippen molar-refractivity contribution in [3.8, 4) is 0 Å². The Bertz CT molecular complexity index is 576. The van der Waals surface area contributed by atoms with Crippen LogP contribution in [0.1, 0.15) is 43.1 Å². The van der Waals surface area contributed by atoms with Crippen LogP contribution in [-0.4, -0.2) is 63.7 Å². The molecule has 0 atom stereocenters. The Hall–Kier alpha value is -1.01. The summed E-state index contributed by atoms with van der Waals surface area (Å²) in [5.74, 6) is 0. The van der Waals surface area contributed by atoms with Gasteiger partial charge in [-0.05, 0) is 30.1 Å². The molecule has 1 fully saturated rings. The van der Waals surface area contributed by atoms with Gasteiger partial charge >= 0.3 is 0 Å². The first-order valence-corrected chi connectivity index (χ1v) is 12.8. The highest BCUT2D eigenvalue weighted by atomic mass is 28.4. The van der Waals surface area contributed by atoms with Crippen molar-refractivity contribution >= 4 is 14.6 Å². The summed E-state index contributed by atoms with van der Waals surface area (Å²) < 4.78 is 6.28. The molecule has 26 heavy (non-hydrogen) atoms. The molecule has 0 radical (unpaired) electrons. The van der Waals surface area contributed by atoms with Crippen LogP contribution in [0.2, 0.25) is 18.1 Å². The molecule has 0 saturated carbocycles. The lowest BCUT2D eigenvalue weighted by molar-refractivity contribution is 0.111. The molecule has 0 aromatic heterocycles. The maximum atomic E-state index is 11.2. The quantitative estimate of drug-likeness (QED) is 0.390. The fraction of sp³-hybridized carbons (Fsp3) is 0.667. The molecule has 0 bridgehead atoms. The molecular formula is C21H36N2O2Si. The van der Waals surface area contributed by atoms with E-state index >= 15 is 0 Å². The van der Waals surface area contributed by atoms with Gasteiger partial charge in [0.25, 0.3) is 0 Å². The lowest BCUT2D eigenvalue weighted by Gasteiger charge is -2.37. The minimum absolute atomic E-state index is 0.288. The molecule has 1 heterocycles. The molecule has 0 spiro atoms. The molecule has 1 saturated heterocycles. The van der Waals surface area contributed by atoms with E-state index in [-0.39, 0.29) is 5.04 Å². The normalized spacial score (nSPS) is 17.4. The van der Waals surface area contributed by atoms with Gasteiger partial charge in [-0.1, -0.05) is 45.0 Å². The van der Waals surface area contributed by atoms with E-state index in [0.717, 1.165) is 69.7 Å². The number of aldehydes is 1. The minimum atomic E-state index is -1.61. The zero-order valence-electron chi connectivity index (χ0n) is 17.3. The summed E-state index contributed by atoms with van der Waals surface area (Å²) in [4.78, 5) is 16.2. The molecule has 5 heteroatoms. The summed E-state index contributed by atoms with van der Waals surface area (Å²) in [6, 6.07) is 7.91. The van der Waals surface area contributed by atoms with Crippen LogP contribution in [0.25, 0.3) is 0 Å². The Morgan fingerprint density at radius 2 is 1.69 bits per heavy atom. The van der Waals surface area contributed by atoms with Crippen molar-refractivity contribution in [2.24, 2.45) is 0 Å². The molecule has 0 aliphatic carbocycles. The number of rotatable bonds is 8. The Balaban J connectivity index is 1.68. The third kappa shape index (κ3) is 6.01. The molecule has 0 amide bonds. The molecular weight excluding hydrogens is 340 g/mol. The summed E-state index contributed by atoms with van der Waals surface area (Å²) in [7, 11) is -1.61. The highest BCUT2D eigenvalue weighted by Gasteiger charge is 2.36. The first-order chi connectivity index (χ1) is 12.2. The molecule has 0 N–H and O–H groups in total. The number of benzene rings is 1. The van der Waals surface area contributed by atoms with Gasteiger partial charge in [0.1, 0.15) is 6.29 Å². The van der Waals surface area contributed by atoms with E-state index in [1.807, 2.05) is 18.2 Å². The van der Waals surface area contributed by atoms with Gasteiger partial charge in [0.05, 0.1) is 0 Å². The number of carbonyl (C=O) groups is 1. The Labute approximate surface area is 160 Å². The SMILES string of the molecule is CC(C)(C)[Si](C)(C)OCCCN1CCN(Cc2ccccc2C=O)CC1. The highest BCUT2D eigenvalue weighted by Crippen LogP contribution is 2.36. The van der Waals surface area contributed by atoms with Crippen LogP contribution >= 0.6 is 0 Å². The summed E-state index contributed by atoms with van der Waals surface area (Å²) in [5, 5.41) is 0.288. The predicted octanol–water partition coefficient (Wildman–Crippen LogP) is 4.03. The van der Waals surface area contributed by atoms with E-state index in [4.69, 9.17) is 4.43 Å². The summed E-state index contributed by atoms with van der Waals surface area (Å²) in [6.45, 7) is 18.7. The predicted molar refractivity (Wildman–Crippen MR) is 111 cm³/mol. The average molecular weight is 377 g/mol. The average Bonchev–Trinajstić information content (AvgIpc) is 2.59. The third-order valence-electron chi connectivity index (χ3n) is 5.93. The van der Waals surface area contributed by atoms with Gasteiger partial charge in [-0.15, -0.1) is 0 Å². The van der Waals surface area contributed by atoms with Crippen LogP contribution in [0.5, 0.6) is 0 Å². The van der Waals surface area contributed by atoms with Crippen LogP contribution in [0.4, 0.5) is 0 Å². The zero-order chi connectivity index (χ0) is 19.2. The van der Waals surface area contributed by atoms with E-state index < -0.39 is 8.32 Å². The smallest absolute Gasteiger partial charge is 0.191 e. The van der Waals surface area contributed by atoms with Gasteiger partial charge < -0.3 is 9.33 Å². The molecule has 4 nitrogen and oxygen atoms in total. The first kappa shape index (κ1) is 21.3. The van der Waals surface area contributed by atoms with Gasteiger partial charge in [-0.25, -0.2) is 0 Å². The first-order valence-electron chi connectivity index (χ1n) is 9.85. The lowest BCUT2D eigenvalue weighted by atomic mass is 10.1. The van der Waals surface area contributed by atoms with E-state index in [0.29, 0.717) is 0 Å². The van der Waals surface area contributed by atoms with Gasteiger partial charge in [-0.3, -0.25) is 9.69 Å². The van der Waals surface area contributed by atoms with Crippen LogP contribution in [-0.2, 0) is 11.0 Å². The summed E-state index contributed by atoms with van der Waals surface area (Å²) >= 11 is 0. The second-order valence-electron chi connectivity index (χ2n) is 8.90. The maximum absolute atomic E-state index is 11.2. The third-order valence-corrected chi connectivity index (χ3v) is 10.5. The monoisotopic (exact) mass is 376 g/mol. The Morgan fingerprint density at radius 3 is 2.31 bits per heavy atom. The van der Waals surface area contributed by atoms with E-state index in [1.165, 1.54) is 0 Å². The van der Waals surface area contributed by atoms with Crippen molar-refractivity contribution in [2.75, 3.05) is 39.3 Å². The molecule has 1 aromatic rings. The second-order valence-corrected chi connectivity index (χ2v) is 13.7. The van der Waals surface area contributed by atoms with Crippen LogP contribution in [0, 0.1) is 0 Å². The number of piperazine rings is 1. The molecule has 0 unspecified atom stereocenters. The van der Waals surface area contributed by atoms with E-state index in [2.05, 4.69) is 49.7 Å². The Kier molecular flexibility index (Phi) is 7.59. The van der Waals surface area contributed by atoms with Crippen molar-refractivity contribution in [3.63, 3.8) is 0 Å². The number of carbonyl (C=O) groups excluding carboxylic acids is 1. The van der Waals surface area contributed by atoms with E-state index in [9.17, 15) is 4.79 Å². The fourth-order valence-corrected chi connectivity index (χ4v) is 4.12.